The van der Waals surface area contributed by atoms with Crippen LogP contribution in [0.2, 0.25) is 0 Å². The Bertz CT molecular complexity index is 878. The summed E-state index contributed by atoms with van der Waals surface area (Å²) < 4.78 is 0. The van der Waals surface area contributed by atoms with Crippen LogP contribution in [0, 0.1) is 0 Å². The Morgan fingerprint density at radius 3 is 2.21 bits per heavy atom. The smallest absolute Gasteiger partial charge is 0.312 e. The summed E-state index contributed by atoms with van der Waals surface area (Å²) in [5.41, 5.74) is 2.56. The van der Waals surface area contributed by atoms with Gasteiger partial charge in [-0.3, -0.25) is 14.4 Å². The predicted octanol–water partition coefficient (Wildman–Crippen LogP) is 2.54. The minimum atomic E-state index is -0.465. The molecular formula is C23H27N3O3. The highest BCUT2D eigenvalue weighted by Crippen LogP contribution is 2.15. The fourth-order valence-electron chi connectivity index (χ4n) is 3.46. The molecular weight excluding hydrogens is 366 g/mol. The Morgan fingerprint density at radius 1 is 0.931 bits per heavy atom. The molecule has 0 saturated carbocycles. The van der Waals surface area contributed by atoms with E-state index in [1.807, 2.05) is 56.3 Å². The molecule has 1 aliphatic heterocycles. The lowest BCUT2D eigenvalue weighted by Gasteiger charge is -2.36. The van der Waals surface area contributed by atoms with Crippen LogP contribution in [0.5, 0.6) is 0 Å². The molecule has 0 atom stereocenters. The van der Waals surface area contributed by atoms with Gasteiger partial charge in [-0.15, -0.1) is 0 Å². The first-order chi connectivity index (χ1) is 13.9. The second-order valence-corrected chi connectivity index (χ2v) is 7.66. The molecule has 0 N–H and O–H groups in total. The third kappa shape index (κ3) is 4.83. The molecule has 0 radical (unpaired) electrons. The second-order valence-electron chi connectivity index (χ2n) is 7.66. The van der Waals surface area contributed by atoms with Gasteiger partial charge < -0.3 is 14.7 Å². The van der Waals surface area contributed by atoms with E-state index in [4.69, 9.17) is 0 Å². The van der Waals surface area contributed by atoms with E-state index < -0.39 is 11.8 Å². The van der Waals surface area contributed by atoms with Gasteiger partial charge in [-0.1, -0.05) is 42.5 Å². The first kappa shape index (κ1) is 20.6. The Labute approximate surface area is 171 Å². The zero-order valence-corrected chi connectivity index (χ0v) is 17.2. The first-order valence-corrected chi connectivity index (χ1v) is 9.85. The number of hydrogen-bond acceptors (Lipinski definition) is 3. The van der Waals surface area contributed by atoms with Crippen LogP contribution in [0.3, 0.4) is 0 Å². The van der Waals surface area contributed by atoms with Gasteiger partial charge in [0.05, 0.1) is 0 Å². The molecule has 0 bridgehead atoms. The lowest BCUT2D eigenvalue weighted by atomic mass is 10.1. The molecule has 0 aromatic heterocycles. The van der Waals surface area contributed by atoms with E-state index in [1.165, 1.54) is 0 Å². The van der Waals surface area contributed by atoms with Crippen molar-refractivity contribution in [3.05, 3.63) is 71.3 Å². The molecule has 1 heterocycles. The van der Waals surface area contributed by atoms with Crippen LogP contribution >= 0.6 is 0 Å². The number of carbonyl (C=O) groups is 3. The summed E-state index contributed by atoms with van der Waals surface area (Å²) in [4.78, 5) is 42.1. The Kier molecular flexibility index (Phi) is 6.32. The highest BCUT2D eigenvalue weighted by Gasteiger charge is 2.33. The molecule has 6 nitrogen and oxygen atoms in total. The minimum absolute atomic E-state index is 0.0202. The van der Waals surface area contributed by atoms with Crippen LogP contribution in [0.15, 0.2) is 54.6 Å². The van der Waals surface area contributed by atoms with E-state index in [0.29, 0.717) is 31.7 Å². The standard InChI is InChI=1S/C23H27N3O3/c1-17(2)26-14-13-25(22(28)23(26)29)16-19-9-11-20(12-10-19)21(27)24(3)15-18-7-5-4-6-8-18/h4-12,17H,13-16H2,1-3H3. The zero-order chi connectivity index (χ0) is 21.0. The fraction of sp³-hybridized carbons (Fsp3) is 0.348. The molecule has 0 unspecified atom stereocenters. The number of amides is 3. The molecule has 1 aliphatic rings. The van der Waals surface area contributed by atoms with Gasteiger partial charge in [-0.2, -0.15) is 0 Å². The summed E-state index contributed by atoms with van der Waals surface area (Å²) in [5.74, 6) is -0.967. The third-order valence-corrected chi connectivity index (χ3v) is 5.15. The number of nitrogens with zero attached hydrogens (tertiary/aromatic N) is 3. The van der Waals surface area contributed by atoms with Gasteiger partial charge in [0, 0.05) is 44.8 Å². The minimum Gasteiger partial charge on any atom is -0.337 e. The van der Waals surface area contributed by atoms with Crippen molar-refractivity contribution < 1.29 is 14.4 Å². The van der Waals surface area contributed by atoms with Gasteiger partial charge in [-0.25, -0.2) is 0 Å². The van der Waals surface area contributed by atoms with Gasteiger partial charge in [0.1, 0.15) is 0 Å². The summed E-state index contributed by atoms with van der Waals surface area (Å²) in [6.45, 7) is 5.78. The van der Waals surface area contributed by atoms with E-state index in [2.05, 4.69) is 0 Å². The number of rotatable bonds is 6. The maximum atomic E-state index is 12.7. The summed E-state index contributed by atoms with van der Waals surface area (Å²) in [7, 11) is 1.78. The third-order valence-electron chi connectivity index (χ3n) is 5.15. The lowest BCUT2D eigenvalue weighted by molar-refractivity contribution is -0.157. The van der Waals surface area contributed by atoms with E-state index in [1.54, 1.807) is 33.9 Å². The monoisotopic (exact) mass is 393 g/mol. The summed E-state index contributed by atoms with van der Waals surface area (Å²) in [5, 5.41) is 0. The molecule has 3 amide bonds. The van der Waals surface area contributed by atoms with Crippen molar-refractivity contribution in [3.8, 4) is 0 Å². The molecule has 2 aromatic carbocycles. The predicted molar refractivity (Wildman–Crippen MR) is 111 cm³/mol. The quantitative estimate of drug-likeness (QED) is 0.709. The fourth-order valence-corrected chi connectivity index (χ4v) is 3.46. The van der Waals surface area contributed by atoms with Crippen molar-refractivity contribution in [1.82, 2.24) is 14.7 Å². The molecule has 3 rings (SSSR count). The summed E-state index contributed by atoms with van der Waals surface area (Å²) in [6, 6.07) is 17.1. The van der Waals surface area contributed by atoms with Crippen molar-refractivity contribution in [2.45, 2.75) is 33.0 Å². The molecule has 29 heavy (non-hydrogen) atoms. The zero-order valence-electron chi connectivity index (χ0n) is 17.2. The molecule has 1 fully saturated rings. The maximum absolute atomic E-state index is 12.7. The Hall–Kier alpha value is -3.15. The normalized spacial score (nSPS) is 14.5. The molecule has 152 valence electrons. The van der Waals surface area contributed by atoms with Crippen molar-refractivity contribution in [1.29, 1.82) is 0 Å². The van der Waals surface area contributed by atoms with Gasteiger partial charge >= 0.3 is 11.8 Å². The number of carbonyl (C=O) groups excluding carboxylic acids is 3. The summed E-state index contributed by atoms with van der Waals surface area (Å²) in [6.07, 6.45) is 0. The summed E-state index contributed by atoms with van der Waals surface area (Å²) >= 11 is 0. The second kappa shape index (κ2) is 8.90. The largest absolute Gasteiger partial charge is 0.337 e. The van der Waals surface area contributed by atoms with Gasteiger partial charge in [0.25, 0.3) is 5.91 Å². The SMILES string of the molecule is CC(C)N1CCN(Cc2ccc(C(=O)N(C)Cc3ccccc3)cc2)C(=O)C1=O. The highest BCUT2D eigenvalue weighted by molar-refractivity contribution is 6.35. The number of benzene rings is 2. The van der Waals surface area contributed by atoms with E-state index >= 15 is 0 Å². The molecule has 1 saturated heterocycles. The average molecular weight is 393 g/mol. The number of hydrogen-bond donors (Lipinski definition) is 0. The lowest BCUT2D eigenvalue weighted by Crippen LogP contribution is -2.55. The van der Waals surface area contributed by atoms with Gasteiger partial charge in [0.2, 0.25) is 0 Å². The molecule has 0 aliphatic carbocycles. The van der Waals surface area contributed by atoms with E-state index in [-0.39, 0.29) is 11.9 Å². The maximum Gasteiger partial charge on any atom is 0.312 e. The van der Waals surface area contributed by atoms with Gasteiger partial charge in [0.15, 0.2) is 0 Å². The first-order valence-electron chi connectivity index (χ1n) is 9.85. The molecule has 6 heteroatoms. The van der Waals surface area contributed by atoms with Crippen molar-refractivity contribution in [2.75, 3.05) is 20.1 Å². The van der Waals surface area contributed by atoms with E-state index in [9.17, 15) is 14.4 Å². The van der Waals surface area contributed by atoms with Crippen LogP contribution in [-0.2, 0) is 22.7 Å². The number of piperazine rings is 1. The van der Waals surface area contributed by atoms with Crippen LogP contribution < -0.4 is 0 Å². The van der Waals surface area contributed by atoms with Gasteiger partial charge in [-0.05, 0) is 37.1 Å². The van der Waals surface area contributed by atoms with Crippen LogP contribution in [0.1, 0.15) is 35.3 Å². The van der Waals surface area contributed by atoms with Crippen molar-refractivity contribution in [3.63, 3.8) is 0 Å². The van der Waals surface area contributed by atoms with Crippen molar-refractivity contribution in [2.24, 2.45) is 0 Å². The van der Waals surface area contributed by atoms with E-state index in [0.717, 1.165) is 11.1 Å². The van der Waals surface area contributed by atoms with Crippen LogP contribution in [-0.4, -0.2) is 58.6 Å². The van der Waals surface area contributed by atoms with Crippen LogP contribution in [0.25, 0.3) is 0 Å². The molecule has 2 aromatic rings. The molecule has 0 spiro atoms. The Balaban J connectivity index is 1.61. The average Bonchev–Trinajstić information content (AvgIpc) is 2.72. The topological polar surface area (TPSA) is 60.9 Å². The van der Waals surface area contributed by atoms with Crippen molar-refractivity contribution >= 4 is 17.7 Å². The highest BCUT2D eigenvalue weighted by atomic mass is 16.2. The van der Waals surface area contributed by atoms with Crippen LogP contribution in [0.4, 0.5) is 0 Å². The Morgan fingerprint density at radius 2 is 1.59 bits per heavy atom.